The summed E-state index contributed by atoms with van der Waals surface area (Å²) in [6.45, 7) is 9.78. The number of thiazole rings is 2. The summed E-state index contributed by atoms with van der Waals surface area (Å²) in [6.07, 6.45) is 2.28. The van der Waals surface area contributed by atoms with Gasteiger partial charge in [-0.1, -0.05) is 0 Å². The van der Waals surface area contributed by atoms with Crippen molar-refractivity contribution in [1.82, 2.24) is 19.3 Å². The van der Waals surface area contributed by atoms with Crippen LogP contribution in [0.3, 0.4) is 0 Å². The number of rotatable bonds is 3. The van der Waals surface area contributed by atoms with E-state index in [1.54, 1.807) is 22.7 Å². The smallest absolute Gasteiger partial charge is 0.194 e. The summed E-state index contributed by atoms with van der Waals surface area (Å²) in [5, 5.41) is 3.19. The molecule has 23 heavy (non-hydrogen) atoms. The van der Waals surface area contributed by atoms with Crippen molar-refractivity contribution in [3.05, 3.63) is 38.5 Å². The third-order valence-electron chi connectivity index (χ3n) is 4.18. The minimum absolute atomic E-state index is 0.0929. The molecule has 0 radical (unpaired) electrons. The predicted molar refractivity (Wildman–Crippen MR) is 93.4 cm³/mol. The van der Waals surface area contributed by atoms with Gasteiger partial charge in [0.2, 0.25) is 0 Å². The van der Waals surface area contributed by atoms with E-state index in [9.17, 15) is 0 Å². The fourth-order valence-corrected chi connectivity index (χ4v) is 4.75. The molecule has 3 aromatic heterocycles. The molecule has 4 heterocycles. The van der Waals surface area contributed by atoms with Crippen molar-refractivity contribution >= 4 is 27.6 Å². The van der Waals surface area contributed by atoms with Crippen molar-refractivity contribution in [3.8, 4) is 0 Å². The molecule has 0 amide bonds. The van der Waals surface area contributed by atoms with Crippen LogP contribution >= 0.6 is 22.7 Å². The van der Waals surface area contributed by atoms with Gasteiger partial charge < -0.3 is 4.74 Å². The Morgan fingerprint density at radius 1 is 1.30 bits per heavy atom. The number of fused-ring (bicyclic) bond motifs is 1. The van der Waals surface area contributed by atoms with Gasteiger partial charge >= 0.3 is 0 Å². The number of hydrogen-bond acceptors (Lipinski definition) is 6. The Morgan fingerprint density at radius 2 is 2.17 bits per heavy atom. The monoisotopic (exact) mass is 348 g/mol. The minimum Gasteiger partial charge on any atom is -0.368 e. The van der Waals surface area contributed by atoms with Gasteiger partial charge in [-0.2, -0.15) is 0 Å². The van der Waals surface area contributed by atoms with E-state index in [0.29, 0.717) is 0 Å². The number of morpholine rings is 1. The van der Waals surface area contributed by atoms with Crippen molar-refractivity contribution in [2.45, 2.75) is 33.4 Å². The van der Waals surface area contributed by atoms with Crippen LogP contribution < -0.4 is 0 Å². The van der Waals surface area contributed by atoms with Crippen molar-refractivity contribution in [3.63, 3.8) is 0 Å². The van der Waals surface area contributed by atoms with Gasteiger partial charge in [-0.3, -0.25) is 9.30 Å². The summed E-state index contributed by atoms with van der Waals surface area (Å²) >= 11 is 3.45. The van der Waals surface area contributed by atoms with Crippen molar-refractivity contribution in [2.75, 3.05) is 19.7 Å². The first-order valence-electron chi connectivity index (χ1n) is 7.80. The highest BCUT2D eigenvalue weighted by molar-refractivity contribution is 7.17. The van der Waals surface area contributed by atoms with Gasteiger partial charge in [0.1, 0.15) is 11.1 Å². The Hall–Kier alpha value is -1.28. The zero-order chi connectivity index (χ0) is 16.0. The number of nitrogens with zero attached hydrogens (tertiary/aromatic N) is 4. The van der Waals surface area contributed by atoms with E-state index in [4.69, 9.17) is 9.72 Å². The van der Waals surface area contributed by atoms with E-state index < -0.39 is 0 Å². The van der Waals surface area contributed by atoms with Gasteiger partial charge in [-0.15, -0.1) is 22.7 Å². The minimum atomic E-state index is 0.0929. The van der Waals surface area contributed by atoms with Crippen LogP contribution in [0, 0.1) is 20.8 Å². The second-order valence-electron chi connectivity index (χ2n) is 6.06. The first-order valence-corrected chi connectivity index (χ1v) is 9.49. The molecule has 1 fully saturated rings. The molecule has 1 unspecified atom stereocenters. The molecule has 1 aliphatic rings. The highest BCUT2D eigenvalue weighted by Gasteiger charge is 2.25. The van der Waals surface area contributed by atoms with Gasteiger partial charge in [-0.25, -0.2) is 9.97 Å². The fraction of sp³-hybridized carbons (Fsp3) is 0.500. The number of aromatic nitrogens is 3. The molecule has 1 saturated heterocycles. The summed E-state index contributed by atoms with van der Waals surface area (Å²) in [7, 11) is 0. The lowest BCUT2D eigenvalue weighted by Gasteiger charge is -2.31. The van der Waals surface area contributed by atoms with Crippen LogP contribution in [0.4, 0.5) is 0 Å². The standard InChI is InChI=1S/C16H20N4OS2/c1-10-9-22-15(17-10)14-8-19(4-5-21-14)7-13-12(3)18-16-20(13)6-11(2)23-16/h6,9,14H,4-5,7-8H2,1-3H3. The molecule has 4 rings (SSSR count). The first kappa shape index (κ1) is 15.3. The molecule has 7 heteroatoms. The van der Waals surface area contributed by atoms with E-state index in [1.807, 2.05) is 6.92 Å². The van der Waals surface area contributed by atoms with Crippen LogP contribution in [-0.2, 0) is 11.3 Å². The number of aryl methyl sites for hydroxylation is 3. The lowest BCUT2D eigenvalue weighted by atomic mass is 10.2. The average molecular weight is 348 g/mol. The molecule has 122 valence electrons. The maximum absolute atomic E-state index is 5.93. The molecule has 5 nitrogen and oxygen atoms in total. The molecule has 0 N–H and O–H groups in total. The van der Waals surface area contributed by atoms with Gasteiger partial charge in [-0.05, 0) is 20.8 Å². The Labute approximate surface area is 143 Å². The maximum atomic E-state index is 5.93. The highest BCUT2D eigenvalue weighted by atomic mass is 32.1. The third-order valence-corrected chi connectivity index (χ3v) is 6.13. The van der Waals surface area contributed by atoms with E-state index in [1.165, 1.54) is 10.6 Å². The third kappa shape index (κ3) is 2.94. The van der Waals surface area contributed by atoms with Crippen LogP contribution in [-0.4, -0.2) is 39.0 Å². The van der Waals surface area contributed by atoms with E-state index >= 15 is 0 Å². The lowest BCUT2D eigenvalue weighted by molar-refractivity contribution is -0.0335. The Morgan fingerprint density at radius 3 is 2.96 bits per heavy atom. The molecule has 1 atom stereocenters. The van der Waals surface area contributed by atoms with Crippen LogP contribution in [0.2, 0.25) is 0 Å². The van der Waals surface area contributed by atoms with E-state index in [-0.39, 0.29) is 6.10 Å². The molecule has 0 bridgehead atoms. The Kier molecular flexibility index (Phi) is 3.96. The fourth-order valence-electron chi connectivity index (χ4n) is 3.03. The first-order chi connectivity index (χ1) is 11.1. The van der Waals surface area contributed by atoms with Gasteiger partial charge in [0.05, 0.1) is 18.0 Å². The topological polar surface area (TPSA) is 42.7 Å². The second-order valence-corrected chi connectivity index (χ2v) is 8.16. The molecular weight excluding hydrogens is 328 g/mol. The summed E-state index contributed by atoms with van der Waals surface area (Å²) in [5.74, 6) is 0. The Balaban J connectivity index is 1.54. The average Bonchev–Trinajstić information content (AvgIpc) is 3.17. The molecule has 3 aromatic rings. The number of ether oxygens (including phenoxy) is 1. The normalized spacial score (nSPS) is 19.7. The number of hydrogen-bond donors (Lipinski definition) is 0. The summed E-state index contributed by atoms with van der Waals surface area (Å²) < 4.78 is 8.18. The van der Waals surface area contributed by atoms with Crippen molar-refractivity contribution in [2.24, 2.45) is 0 Å². The molecule has 0 aromatic carbocycles. The van der Waals surface area contributed by atoms with Crippen LogP contribution in [0.5, 0.6) is 0 Å². The van der Waals surface area contributed by atoms with Crippen molar-refractivity contribution in [1.29, 1.82) is 0 Å². The van der Waals surface area contributed by atoms with E-state index in [2.05, 4.69) is 39.7 Å². The molecular formula is C16H20N4OS2. The van der Waals surface area contributed by atoms with Gasteiger partial charge in [0.15, 0.2) is 4.96 Å². The highest BCUT2D eigenvalue weighted by Crippen LogP contribution is 2.27. The number of imidazole rings is 1. The van der Waals surface area contributed by atoms with Gasteiger partial charge in [0, 0.05) is 41.8 Å². The summed E-state index contributed by atoms with van der Waals surface area (Å²) in [5.41, 5.74) is 3.50. The van der Waals surface area contributed by atoms with E-state index in [0.717, 1.165) is 47.6 Å². The van der Waals surface area contributed by atoms with Crippen molar-refractivity contribution < 1.29 is 4.74 Å². The SMILES string of the molecule is Cc1csc(C2CN(Cc3c(C)nc4sc(C)cn34)CCO2)n1. The zero-order valence-electron chi connectivity index (χ0n) is 13.6. The van der Waals surface area contributed by atoms with Gasteiger partial charge in [0.25, 0.3) is 0 Å². The summed E-state index contributed by atoms with van der Waals surface area (Å²) in [6, 6.07) is 0. The lowest BCUT2D eigenvalue weighted by Crippen LogP contribution is -2.38. The quantitative estimate of drug-likeness (QED) is 0.728. The Bertz CT molecular complexity index is 834. The molecule has 0 aliphatic carbocycles. The summed E-state index contributed by atoms with van der Waals surface area (Å²) in [4.78, 5) is 14.1. The van der Waals surface area contributed by atoms with Crippen LogP contribution in [0.25, 0.3) is 4.96 Å². The largest absolute Gasteiger partial charge is 0.368 e. The molecule has 0 saturated carbocycles. The zero-order valence-corrected chi connectivity index (χ0v) is 15.2. The second kappa shape index (κ2) is 5.98. The molecule has 1 aliphatic heterocycles. The molecule has 0 spiro atoms. The predicted octanol–water partition coefficient (Wildman–Crippen LogP) is 3.35. The van der Waals surface area contributed by atoms with Crippen LogP contribution in [0.15, 0.2) is 11.6 Å². The maximum Gasteiger partial charge on any atom is 0.194 e. The van der Waals surface area contributed by atoms with Crippen LogP contribution in [0.1, 0.15) is 33.1 Å².